The van der Waals surface area contributed by atoms with E-state index in [1.807, 2.05) is 133 Å². The molecule has 0 N–H and O–H groups in total. The summed E-state index contributed by atoms with van der Waals surface area (Å²) in [6, 6.07) is 95.5. The van der Waals surface area contributed by atoms with E-state index < -0.39 is 0 Å². The van der Waals surface area contributed by atoms with E-state index in [2.05, 4.69) is 155 Å². The van der Waals surface area contributed by atoms with Crippen LogP contribution in [0.1, 0.15) is 44.5 Å². The van der Waals surface area contributed by atoms with Gasteiger partial charge in [-0.1, -0.05) is 158 Å². The molecule has 12 rings (SSSR count). The summed E-state index contributed by atoms with van der Waals surface area (Å²) in [5.41, 5.74) is 17.3. The van der Waals surface area contributed by atoms with E-state index in [0.29, 0.717) is 11.1 Å². The van der Waals surface area contributed by atoms with Gasteiger partial charge in [-0.05, 0) is 163 Å². The maximum Gasteiger partial charge on any atom is 0.138 e. The number of nitriles is 4. The molecule has 6 heteroatoms. The maximum absolute atomic E-state index is 10.7. The van der Waals surface area contributed by atoms with Crippen molar-refractivity contribution >= 4 is 78.3 Å². The Kier molecular flexibility index (Phi) is 12.1. The zero-order chi connectivity index (χ0) is 51.5. The number of hydrogen-bond donors (Lipinski definition) is 0. The van der Waals surface area contributed by atoms with Gasteiger partial charge in [0.15, 0.2) is 0 Å². The van der Waals surface area contributed by atoms with Gasteiger partial charge in [-0.3, -0.25) is 0 Å². The summed E-state index contributed by atoms with van der Waals surface area (Å²) in [6.45, 7) is 0. The smallest absolute Gasteiger partial charge is 0.138 e. The molecule has 0 bridgehead atoms. The third kappa shape index (κ3) is 8.09. The number of rotatable bonds is 10. The molecule has 10 aromatic carbocycles. The molecule has 0 unspecified atom stereocenters. The van der Waals surface area contributed by atoms with E-state index in [1.165, 1.54) is 0 Å². The summed E-state index contributed by atoms with van der Waals surface area (Å²) < 4.78 is 0. The van der Waals surface area contributed by atoms with Gasteiger partial charge >= 0.3 is 0 Å². The Morgan fingerprint density at radius 1 is 0.250 bits per heavy atom. The van der Waals surface area contributed by atoms with Gasteiger partial charge in [-0.15, -0.1) is 0 Å². The predicted octanol–water partition coefficient (Wildman–Crippen LogP) is 17.3. The normalized spacial score (nSPS) is 12.3. The van der Waals surface area contributed by atoms with Gasteiger partial charge < -0.3 is 9.80 Å². The molecule has 0 aliphatic heterocycles. The molecule has 0 spiro atoms. The summed E-state index contributed by atoms with van der Waals surface area (Å²) in [4.78, 5) is 4.44. The lowest BCUT2D eigenvalue weighted by molar-refractivity contribution is 1.28. The molecule has 10 aromatic rings. The van der Waals surface area contributed by atoms with Gasteiger partial charge in [0.25, 0.3) is 0 Å². The summed E-state index contributed by atoms with van der Waals surface area (Å²) in [5, 5.41) is 44.7. The molecule has 0 aromatic heterocycles. The van der Waals surface area contributed by atoms with Crippen molar-refractivity contribution in [1.29, 1.82) is 21.0 Å². The molecule has 2 aliphatic carbocycles. The van der Waals surface area contributed by atoms with Crippen molar-refractivity contribution in [2.75, 3.05) is 9.80 Å². The molecule has 352 valence electrons. The van der Waals surface area contributed by atoms with Crippen molar-refractivity contribution in [3.05, 3.63) is 310 Å². The predicted molar refractivity (Wildman–Crippen MR) is 307 cm³/mol. The summed E-state index contributed by atoms with van der Waals surface area (Å²) >= 11 is 0. The second-order valence-electron chi connectivity index (χ2n) is 18.4. The molecule has 0 radical (unpaired) electrons. The van der Waals surface area contributed by atoms with Gasteiger partial charge in [0.05, 0.1) is 0 Å². The van der Waals surface area contributed by atoms with Crippen molar-refractivity contribution in [1.82, 2.24) is 0 Å². The van der Waals surface area contributed by atoms with Gasteiger partial charge in [-0.25, -0.2) is 0 Å². The highest BCUT2D eigenvalue weighted by molar-refractivity contribution is 6.29. The number of hydrogen-bond acceptors (Lipinski definition) is 6. The molecule has 76 heavy (non-hydrogen) atoms. The molecule has 0 heterocycles. The Bertz CT molecular complexity index is 3810. The maximum atomic E-state index is 10.7. The van der Waals surface area contributed by atoms with Crippen molar-refractivity contribution < 1.29 is 0 Å². The second-order valence-corrected chi connectivity index (χ2v) is 18.4. The van der Waals surface area contributed by atoms with Crippen LogP contribution in [-0.2, 0) is 0 Å². The molecule has 0 fully saturated rings. The zero-order valence-corrected chi connectivity index (χ0v) is 40.9. The molecule has 0 saturated carbocycles. The first-order chi connectivity index (χ1) is 37.6. The summed E-state index contributed by atoms with van der Waals surface area (Å²) in [7, 11) is 0. The Morgan fingerprint density at radius 2 is 0.487 bits per heavy atom. The first-order valence-electron chi connectivity index (χ1n) is 24.9. The van der Waals surface area contributed by atoms with E-state index in [4.69, 9.17) is 0 Å². The van der Waals surface area contributed by atoms with Crippen LogP contribution < -0.4 is 9.80 Å². The highest BCUT2D eigenvalue weighted by Crippen LogP contribution is 2.55. The van der Waals surface area contributed by atoms with Crippen LogP contribution in [-0.4, -0.2) is 0 Å². The van der Waals surface area contributed by atoms with Crippen molar-refractivity contribution in [2.24, 2.45) is 0 Å². The molecule has 0 saturated heterocycles. The molecule has 2 aliphatic rings. The minimum absolute atomic E-state index is 0.000235. The van der Waals surface area contributed by atoms with Gasteiger partial charge in [-0.2, -0.15) is 21.0 Å². The Labute approximate surface area is 441 Å². The minimum atomic E-state index is 0.000235. The average molecular weight is 967 g/mol. The molecule has 6 nitrogen and oxygen atoms in total. The van der Waals surface area contributed by atoms with E-state index in [-0.39, 0.29) is 11.1 Å². The van der Waals surface area contributed by atoms with Crippen molar-refractivity contribution in [2.45, 2.75) is 0 Å². The molecular formula is C70H42N6. The monoisotopic (exact) mass is 966 g/mol. The lowest BCUT2D eigenvalue weighted by atomic mass is 9.90. The van der Waals surface area contributed by atoms with Gasteiger partial charge in [0, 0.05) is 56.4 Å². The Morgan fingerprint density at radius 3 is 0.763 bits per heavy atom. The fourth-order valence-electron chi connectivity index (χ4n) is 10.9. The topological polar surface area (TPSA) is 102 Å². The van der Waals surface area contributed by atoms with Crippen LogP contribution in [0.2, 0.25) is 0 Å². The Hall–Kier alpha value is -11.0. The number of para-hydroxylation sites is 4. The SMILES string of the molecule is N#CC(C#N)=C1C(c2ccccc2)=C(c2ccc(N(c3ccccc3)c3ccccc3)cc2)c2cc3cc4c(cc3cc21)C(=C(C#N)C#N)C(c1ccccc1)=C4c1ccc(N(c2ccccc2)c2ccccc2)cc1. The number of nitrogens with zero attached hydrogens (tertiary/aromatic N) is 6. The minimum Gasteiger partial charge on any atom is -0.311 e. The lowest BCUT2D eigenvalue weighted by Crippen LogP contribution is -2.09. The number of fused-ring (bicyclic) bond motifs is 3. The van der Waals surface area contributed by atoms with E-state index in [1.54, 1.807) is 0 Å². The highest BCUT2D eigenvalue weighted by atomic mass is 15.1. The lowest BCUT2D eigenvalue weighted by Gasteiger charge is -2.25. The largest absolute Gasteiger partial charge is 0.311 e. The number of benzene rings is 10. The van der Waals surface area contributed by atoms with E-state index in [0.717, 1.165) is 112 Å². The van der Waals surface area contributed by atoms with Gasteiger partial charge in [0.2, 0.25) is 0 Å². The molecule has 0 amide bonds. The van der Waals surface area contributed by atoms with Crippen LogP contribution in [0.15, 0.2) is 266 Å². The fraction of sp³-hybridized carbons (Fsp3) is 0. The third-order valence-electron chi connectivity index (χ3n) is 14.1. The van der Waals surface area contributed by atoms with Gasteiger partial charge in [0.1, 0.15) is 35.4 Å². The highest BCUT2D eigenvalue weighted by Gasteiger charge is 2.35. The van der Waals surface area contributed by atoms with E-state index in [9.17, 15) is 21.0 Å². The van der Waals surface area contributed by atoms with Crippen LogP contribution >= 0.6 is 0 Å². The summed E-state index contributed by atoms with van der Waals surface area (Å²) in [6.07, 6.45) is 0. The molecular weight excluding hydrogens is 925 g/mol. The van der Waals surface area contributed by atoms with Crippen LogP contribution in [0, 0.1) is 45.3 Å². The van der Waals surface area contributed by atoms with Crippen LogP contribution in [0.4, 0.5) is 34.1 Å². The second kappa shape index (κ2) is 19.9. The van der Waals surface area contributed by atoms with Crippen molar-refractivity contribution in [3.8, 4) is 24.3 Å². The zero-order valence-electron chi connectivity index (χ0n) is 40.9. The van der Waals surface area contributed by atoms with Crippen LogP contribution in [0.3, 0.4) is 0 Å². The first kappa shape index (κ1) is 46.1. The average Bonchev–Trinajstić information content (AvgIpc) is 4.13. The number of allylic oxidation sites excluding steroid dienone is 6. The van der Waals surface area contributed by atoms with Crippen LogP contribution in [0.25, 0.3) is 44.2 Å². The quantitative estimate of drug-likeness (QED) is 0.127. The third-order valence-corrected chi connectivity index (χ3v) is 14.1. The Balaban J connectivity index is 1.08. The fourth-order valence-corrected chi connectivity index (χ4v) is 10.9. The standard InChI is InChI=1S/C70H42N6/c71-43-53(44-72)67-63-41-52-42-64-62(40-51(52)39-61(63)65(69(67)47-19-7-1-8-20-47)49-31-35-59(36-32-49)75(55-23-11-3-12-24-55)56-25-13-4-14-26-56)66(70(48-21-9-2-10-22-48)68(64)54(45-73)46-74)50-33-37-60(38-34-50)76(57-27-15-5-16-28-57)58-29-17-6-18-30-58/h1-42H. The summed E-state index contributed by atoms with van der Waals surface area (Å²) in [5.74, 6) is 0. The number of anilines is 6. The first-order valence-corrected chi connectivity index (χ1v) is 24.9. The van der Waals surface area contributed by atoms with Crippen LogP contribution in [0.5, 0.6) is 0 Å². The van der Waals surface area contributed by atoms with Crippen molar-refractivity contribution in [3.63, 3.8) is 0 Å². The van der Waals surface area contributed by atoms with E-state index >= 15 is 0 Å². The molecule has 0 atom stereocenters.